The van der Waals surface area contributed by atoms with E-state index in [4.69, 9.17) is 5.11 Å². The van der Waals surface area contributed by atoms with Crippen LogP contribution in [0.3, 0.4) is 0 Å². The molecule has 1 unspecified atom stereocenters. The number of fused-ring (bicyclic) bond motifs is 1. The molecule has 16 heavy (non-hydrogen) atoms. The van der Waals surface area contributed by atoms with Gasteiger partial charge in [-0.25, -0.2) is 4.98 Å². The lowest BCUT2D eigenvalue weighted by Crippen LogP contribution is -3.00. The third-order valence-electron chi connectivity index (χ3n) is 2.43. The summed E-state index contributed by atoms with van der Waals surface area (Å²) < 4.78 is 1.89. The van der Waals surface area contributed by atoms with Gasteiger partial charge in [-0.1, -0.05) is 12.1 Å². The summed E-state index contributed by atoms with van der Waals surface area (Å²) in [4.78, 5) is 14.8. The second-order valence-corrected chi connectivity index (χ2v) is 3.59. The highest BCUT2D eigenvalue weighted by molar-refractivity contribution is 5.75. The van der Waals surface area contributed by atoms with E-state index in [1.165, 1.54) is 0 Å². The maximum absolute atomic E-state index is 10.6. The van der Waals surface area contributed by atoms with Crippen LogP contribution in [0, 0.1) is 0 Å². The minimum Gasteiger partial charge on any atom is -1.00 e. The highest BCUT2D eigenvalue weighted by Gasteiger charge is 2.11. The standard InChI is InChI=1S/C11H12N2O2.ClH/c1-8(6-11(14)15)13-7-12-9-4-2-3-5-10(9)13;/h2-5,7-8H,6H2,1H3,(H,14,15);1H/p-1. The van der Waals surface area contributed by atoms with Gasteiger partial charge < -0.3 is 22.1 Å². The molecule has 0 aliphatic rings. The summed E-state index contributed by atoms with van der Waals surface area (Å²) in [6.45, 7) is 1.88. The molecule has 0 radical (unpaired) electrons. The largest absolute Gasteiger partial charge is 1.00 e. The normalized spacial score (nSPS) is 12.1. The Kier molecular flexibility index (Phi) is 3.90. The molecule has 5 heteroatoms. The van der Waals surface area contributed by atoms with Crippen molar-refractivity contribution in [2.75, 3.05) is 0 Å². The maximum Gasteiger partial charge on any atom is 0.305 e. The molecule has 0 fully saturated rings. The number of benzene rings is 1. The molecule has 0 amide bonds. The van der Waals surface area contributed by atoms with Crippen LogP contribution in [-0.2, 0) is 4.79 Å². The van der Waals surface area contributed by atoms with E-state index in [1.54, 1.807) is 6.33 Å². The molecule has 0 saturated carbocycles. The first-order valence-electron chi connectivity index (χ1n) is 4.82. The van der Waals surface area contributed by atoms with Crippen molar-refractivity contribution in [1.82, 2.24) is 9.55 Å². The van der Waals surface area contributed by atoms with E-state index in [-0.39, 0.29) is 24.9 Å². The van der Waals surface area contributed by atoms with Gasteiger partial charge in [0, 0.05) is 6.04 Å². The van der Waals surface area contributed by atoms with Crippen LogP contribution in [-0.4, -0.2) is 20.6 Å². The number of rotatable bonds is 3. The summed E-state index contributed by atoms with van der Waals surface area (Å²) in [6, 6.07) is 7.63. The molecule has 1 aromatic heterocycles. The number of imidazole rings is 1. The number of hydrogen-bond acceptors (Lipinski definition) is 2. The third-order valence-corrected chi connectivity index (χ3v) is 2.43. The van der Waals surface area contributed by atoms with Crippen LogP contribution < -0.4 is 12.4 Å². The Morgan fingerprint density at radius 2 is 2.19 bits per heavy atom. The minimum absolute atomic E-state index is 0. The van der Waals surface area contributed by atoms with Gasteiger partial charge in [-0.15, -0.1) is 0 Å². The number of nitrogens with zero attached hydrogens (tertiary/aromatic N) is 2. The van der Waals surface area contributed by atoms with E-state index in [2.05, 4.69) is 4.98 Å². The van der Waals surface area contributed by atoms with Crippen LogP contribution in [0.5, 0.6) is 0 Å². The first-order valence-corrected chi connectivity index (χ1v) is 4.82. The van der Waals surface area contributed by atoms with Crippen molar-refractivity contribution < 1.29 is 22.3 Å². The van der Waals surface area contributed by atoms with Gasteiger partial charge in [0.15, 0.2) is 0 Å². The average Bonchev–Trinajstić information content (AvgIpc) is 2.59. The zero-order valence-corrected chi connectivity index (χ0v) is 9.55. The summed E-state index contributed by atoms with van der Waals surface area (Å²) in [5.41, 5.74) is 1.88. The molecule has 86 valence electrons. The van der Waals surface area contributed by atoms with Gasteiger partial charge in [0.05, 0.1) is 23.8 Å². The summed E-state index contributed by atoms with van der Waals surface area (Å²) in [6.07, 6.45) is 1.80. The third kappa shape index (κ3) is 2.33. The summed E-state index contributed by atoms with van der Waals surface area (Å²) in [7, 11) is 0. The minimum atomic E-state index is -0.791. The van der Waals surface area contributed by atoms with Crippen LogP contribution in [0.4, 0.5) is 0 Å². The fraction of sp³-hybridized carbons (Fsp3) is 0.273. The van der Waals surface area contributed by atoms with Gasteiger partial charge in [-0.3, -0.25) is 4.79 Å². The monoisotopic (exact) mass is 239 g/mol. The van der Waals surface area contributed by atoms with Crippen molar-refractivity contribution in [1.29, 1.82) is 0 Å². The smallest absolute Gasteiger partial charge is 0.305 e. The number of para-hydroxylation sites is 2. The van der Waals surface area contributed by atoms with Gasteiger partial charge in [0.1, 0.15) is 0 Å². The predicted molar refractivity (Wildman–Crippen MR) is 56.7 cm³/mol. The van der Waals surface area contributed by atoms with Crippen molar-refractivity contribution >= 4 is 17.0 Å². The molecule has 1 heterocycles. The first-order chi connectivity index (χ1) is 7.18. The Morgan fingerprint density at radius 1 is 1.50 bits per heavy atom. The van der Waals surface area contributed by atoms with Crippen molar-refractivity contribution in [3.05, 3.63) is 30.6 Å². The second-order valence-electron chi connectivity index (χ2n) is 3.59. The van der Waals surface area contributed by atoms with Crippen molar-refractivity contribution in [3.63, 3.8) is 0 Å². The Bertz CT molecular complexity index is 495. The molecule has 4 nitrogen and oxygen atoms in total. The van der Waals surface area contributed by atoms with Crippen LogP contribution in [0.15, 0.2) is 30.6 Å². The fourth-order valence-corrected chi connectivity index (χ4v) is 1.68. The van der Waals surface area contributed by atoms with Gasteiger partial charge in [0.2, 0.25) is 0 Å². The molecule has 0 aliphatic carbocycles. The highest BCUT2D eigenvalue weighted by Crippen LogP contribution is 2.19. The number of carbonyl (C=O) groups is 1. The Labute approximate surface area is 99.3 Å². The van der Waals surface area contributed by atoms with Gasteiger partial charge >= 0.3 is 5.97 Å². The van der Waals surface area contributed by atoms with Crippen molar-refractivity contribution in [3.8, 4) is 0 Å². The molecule has 1 N–H and O–H groups in total. The first kappa shape index (κ1) is 12.5. The Hall–Kier alpha value is -1.55. The number of carboxylic acid groups (broad SMARTS) is 1. The van der Waals surface area contributed by atoms with E-state index in [9.17, 15) is 4.79 Å². The van der Waals surface area contributed by atoms with E-state index in [0.717, 1.165) is 11.0 Å². The van der Waals surface area contributed by atoms with Crippen molar-refractivity contribution in [2.45, 2.75) is 19.4 Å². The van der Waals surface area contributed by atoms with E-state index in [0.29, 0.717) is 0 Å². The number of hydrogen-bond donors (Lipinski definition) is 1. The lowest BCUT2D eigenvalue weighted by molar-refractivity contribution is -0.137. The average molecular weight is 240 g/mol. The van der Waals surface area contributed by atoms with Gasteiger partial charge in [-0.05, 0) is 19.1 Å². The number of halogens is 1. The van der Waals surface area contributed by atoms with Gasteiger partial charge in [0.25, 0.3) is 0 Å². The number of aliphatic carboxylic acids is 1. The predicted octanol–water partition coefficient (Wildman–Crippen LogP) is -0.924. The molecular formula is C11H12ClN2O2-. The number of carboxylic acids is 1. The fourth-order valence-electron chi connectivity index (χ4n) is 1.68. The molecule has 1 atom stereocenters. The Morgan fingerprint density at radius 3 is 2.88 bits per heavy atom. The van der Waals surface area contributed by atoms with Crippen LogP contribution in [0.2, 0.25) is 0 Å². The van der Waals surface area contributed by atoms with E-state index >= 15 is 0 Å². The molecule has 0 aliphatic heterocycles. The van der Waals surface area contributed by atoms with Crippen molar-refractivity contribution in [2.24, 2.45) is 0 Å². The zero-order chi connectivity index (χ0) is 10.8. The molecular weight excluding hydrogens is 228 g/mol. The second kappa shape index (κ2) is 4.99. The topological polar surface area (TPSA) is 55.1 Å². The SMILES string of the molecule is CC(CC(=O)O)n1cnc2ccccc21.[Cl-]. The lowest BCUT2D eigenvalue weighted by atomic mass is 10.2. The molecule has 0 bridgehead atoms. The molecule has 2 rings (SSSR count). The zero-order valence-electron chi connectivity index (χ0n) is 8.80. The summed E-state index contributed by atoms with van der Waals surface area (Å²) >= 11 is 0. The summed E-state index contributed by atoms with van der Waals surface area (Å²) in [5.74, 6) is -0.791. The van der Waals surface area contributed by atoms with Crippen LogP contribution >= 0.6 is 0 Å². The Balaban J connectivity index is 0.00000128. The van der Waals surface area contributed by atoms with E-state index < -0.39 is 5.97 Å². The van der Waals surface area contributed by atoms with Crippen LogP contribution in [0.25, 0.3) is 11.0 Å². The summed E-state index contributed by atoms with van der Waals surface area (Å²) in [5, 5.41) is 8.72. The van der Waals surface area contributed by atoms with Gasteiger partial charge in [-0.2, -0.15) is 0 Å². The quantitative estimate of drug-likeness (QED) is 0.754. The maximum atomic E-state index is 10.6. The molecule has 0 saturated heterocycles. The molecule has 0 spiro atoms. The van der Waals surface area contributed by atoms with Crippen LogP contribution in [0.1, 0.15) is 19.4 Å². The lowest BCUT2D eigenvalue weighted by Gasteiger charge is -2.11. The van der Waals surface area contributed by atoms with E-state index in [1.807, 2.05) is 35.8 Å². The highest BCUT2D eigenvalue weighted by atomic mass is 35.5. The molecule has 2 aromatic rings. The molecule has 1 aromatic carbocycles. The number of aromatic nitrogens is 2.